The summed E-state index contributed by atoms with van der Waals surface area (Å²) >= 11 is 6.00. The number of carbonyl (C=O) groups excluding carboxylic acids is 1. The molecule has 1 amide bonds. The number of hydrogen-bond acceptors (Lipinski definition) is 3. The summed E-state index contributed by atoms with van der Waals surface area (Å²) < 4.78 is 13.1. The van der Waals surface area contributed by atoms with E-state index in [1.807, 2.05) is 66.7 Å². The van der Waals surface area contributed by atoms with E-state index in [0.29, 0.717) is 11.6 Å². The molecule has 0 spiro atoms. The molecule has 7 heteroatoms. The molecule has 1 unspecified atom stereocenters. The number of carbonyl (C=O) groups is 2. The zero-order chi connectivity index (χ0) is 26.7. The van der Waals surface area contributed by atoms with Crippen LogP contribution in [0.15, 0.2) is 91.0 Å². The lowest BCUT2D eigenvalue weighted by Crippen LogP contribution is -2.55. The number of benzene rings is 4. The van der Waals surface area contributed by atoms with E-state index in [1.54, 1.807) is 12.1 Å². The summed E-state index contributed by atoms with van der Waals surface area (Å²) in [5, 5.41) is 16.8. The number of halogens is 2. The van der Waals surface area contributed by atoms with Gasteiger partial charge in [0.15, 0.2) is 0 Å². The number of rotatable bonds is 8. The summed E-state index contributed by atoms with van der Waals surface area (Å²) in [6, 6.07) is 27.1. The van der Waals surface area contributed by atoms with E-state index in [-0.39, 0.29) is 31.0 Å². The zero-order valence-electron chi connectivity index (χ0n) is 20.5. The van der Waals surface area contributed by atoms with Gasteiger partial charge in [0.25, 0.3) is 0 Å². The molecule has 0 fully saturated rings. The maximum absolute atomic E-state index is 13.1. The van der Waals surface area contributed by atoms with Crippen molar-refractivity contribution in [3.8, 4) is 11.1 Å². The van der Waals surface area contributed by atoms with Crippen molar-refractivity contribution >= 4 is 29.2 Å². The van der Waals surface area contributed by atoms with Crippen molar-refractivity contribution < 1.29 is 19.1 Å². The number of nitrogens with one attached hydrogen (secondary N) is 2. The van der Waals surface area contributed by atoms with Crippen molar-refractivity contribution in [1.29, 1.82) is 0 Å². The molecule has 192 valence electrons. The number of aliphatic carboxylic acids is 1. The van der Waals surface area contributed by atoms with Gasteiger partial charge in [-0.25, -0.2) is 9.18 Å². The van der Waals surface area contributed by atoms with Crippen molar-refractivity contribution in [3.63, 3.8) is 0 Å². The first-order valence-corrected chi connectivity index (χ1v) is 12.7. The van der Waals surface area contributed by atoms with E-state index < -0.39 is 11.5 Å². The number of anilines is 1. The summed E-state index contributed by atoms with van der Waals surface area (Å²) in [6.45, 7) is 0.543. The summed E-state index contributed by atoms with van der Waals surface area (Å²) in [5.74, 6) is -1.66. The topological polar surface area (TPSA) is 78.4 Å². The Labute approximate surface area is 225 Å². The van der Waals surface area contributed by atoms with Gasteiger partial charge in [-0.05, 0) is 69.8 Å². The standard InChI is InChI=1S/C31H26ClFN2O3/c32-26-9-7-22(8-10-26)23-5-6-24-17-31(30(37)38,18-25(24)16-23)35-29(36)15-20-3-13-28(14-4-20)34-19-21-1-11-27(33)12-2-21/h1-14,16,34H,15,17-19H2,(H,35,36)(H,37,38). The Hall–Kier alpha value is -4.16. The van der Waals surface area contributed by atoms with E-state index in [4.69, 9.17) is 11.6 Å². The highest BCUT2D eigenvalue weighted by Gasteiger charge is 2.45. The van der Waals surface area contributed by atoms with Gasteiger partial charge in [-0.15, -0.1) is 0 Å². The molecule has 1 aliphatic carbocycles. The average molecular weight is 529 g/mol. The number of carboxylic acids is 1. The summed E-state index contributed by atoms with van der Waals surface area (Å²) in [7, 11) is 0. The fraction of sp³-hybridized carbons (Fsp3) is 0.161. The minimum Gasteiger partial charge on any atom is -0.479 e. The lowest BCUT2D eigenvalue weighted by molar-refractivity contribution is -0.147. The largest absolute Gasteiger partial charge is 0.479 e. The summed E-state index contributed by atoms with van der Waals surface area (Å²) in [6.07, 6.45) is 0.521. The summed E-state index contributed by atoms with van der Waals surface area (Å²) in [5.41, 5.74) is 5.00. The second-order valence-corrected chi connectivity index (χ2v) is 10.1. The molecule has 1 atom stereocenters. The minimum absolute atomic E-state index is 0.0691. The maximum atomic E-state index is 13.1. The quantitative estimate of drug-likeness (QED) is 0.260. The van der Waals surface area contributed by atoms with Gasteiger partial charge in [0.05, 0.1) is 6.42 Å². The van der Waals surface area contributed by atoms with Crippen LogP contribution >= 0.6 is 11.6 Å². The van der Waals surface area contributed by atoms with E-state index in [1.165, 1.54) is 12.1 Å². The van der Waals surface area contributed by atoms with Gasteiger partial charge in [0, 0.05) is 30.1 Å². The number of hydrogen-bond donors (Lipinski definition) is 3. The molecule has 0 saturated carbocycles. The second kappa shape index (κ2) is 10.7. The van der Waals surface area contributed by atoms with E-state index in [9.17, 15) is 19.1 Å². The Morgan fingerprint density at radius 3 is 2.13 bits per heavy atom. The molecule has 0 heterocycles. The van der Waals surface area contributed by atoms with Crippen molar-refractivity contribution in [2.45, 2.75) is 31.3 Å². The van der Waals surface area contributed by atoms with Gasteiger partial charge in [0.2, 0.25) is 5.91 Å². The Morgan fingerprint density at radius 2 is 1.45 bits per heavy atom. The van der Waals surface area contributed by atoms with Crippen LogP contribution in [0.3, 0.4) is 0 Å². The minimum atomic E-state index is -1.38. The van der Waals surface area contributed by atoms with E-state index in [0.717, 1.165) is 39.1 Å². The van der Waals surface area contributed by atoms with Crippen LogP contribution in [0.2, 0.25) is 5.02 Å². The second-order valence-electron chi connectivity index (χ2n) is 9.63. The van der Waals surface area contributed by atoms with E-state index >= 15 is 0 Å². The van der Waals surface area contributed by atoms with Crippen LogP contribution in [0.25, 0.3) is 11.1 Å². The third kappa shape index (κ3) is 5.71. The van der Waals surface area contributed by atoms with Gasteiger partial charge in [-0.2, -0.15) is 0 Å². The molecule has 38 heavy (non-hydrogen) atoms. The predicted molar refractivity (Wildman–Crippen MR) is 147 cm³/mol. The number of amides is 1. The van der Waals surface area contributed by atoms with Crippen LogP contribution < -0.4 is 10.6 Å². The van der Waals surface area contributed by atoms with Crippen LogP contribution in [-0.2, 0) is 35.4 Å². The van der Waals surface area contributed by atoms with Crippen LogP contribution in [-0.4, -0.2) is 22.5 Å². The monoisotopic (exact) mass is 528 g/mol. The first-order chi connectivity index (χ1) is 18.3. The molecule has 1 aliphatic rings. The Balaban J connectivity index is 1.22. The van der Waals surface area contributed by atoms with Crippen molar-refractivity contribution in [2.24, 2.45) is 0 Å². The molecule has 5 nitrogen and oxygen atoms in total. The van der Waals surface area contributed by atoms with Crippen molar-refractivity contribution in [1.82, 2.24) is 5.32 Å². The van der Waals surface area contributed by atoms with Gasteiger partial charge in [0.1, 0.15) is 11.4 Å². The van der Waals surface area contributed by atoms with Crippen molar-refractivity contribution in [2.75, 3.05) is 5.32 Å². The SMILES string of the molecule is O=C(Cc1ccc(NCc2ccc(F)cc2)cc1)NC1(C(=O)O)Cc2ccc(-c3ccc(Cl)cc3)cc2C1. The van der Waals surface area contributed by atoms with Crippen LogP contribution in [0.1, 0.15) is 22.3 Å². The number of fused-ring (bicyclic) bond motifs is 1. The maximum Gasteiger partial charge on any atom is 0.330 e. The zero-order valence-corrected chi connectivity index (χ0v) is 21.3. The molecule has 0 bridgehead atoms. The molecular weight excluding hydrogens is 503 g/mol. The molecule has 0 radical (unpaired) electrons. The Bertz CT molecular complexity index is 1470. The third-order valence-electron chi connectivity index (χ3n) is 6.88. The fourth-order valence-corrected chi connectivity index (χ4v) is 4.96. The van der Waals surface area contributed by atoms with Crippen LogP contribution in [0.5, 0.6) is 0 Å². The van der Waals surface area contributed by atoms with Gasteiger partial charge in [-0.1, -0.05) is 66.2 Å². The van der Waals surface area contributed by atoms with E-state index in [2.05, 4.69) is 10.6 Å². The van der Waals surface area contributed by atoms with Crippen molar-refractivity contribution in [3.05, 3.63) is 124 Å². The smallest absolute Gasteiger partial charge is 0.330 e. The van der Waals surface area contributed by atoms with Crippen LogP contribution in [0, 0.1) is 5.82 Å². The first-order valence-electron chi connectivity index (χ1n) is 12.3. The fourth-order valence-electron chi connectivity index (χ4n) is 4.83. The molecule has 0 aromatic heterocycles. The molecule has 0 aliphatic heterocycles. The molecular formula is C31H26ClFN2O3. The molecule has 5 rings (SSSR count). The molecule has 0 saturated heterocycles. The first kappa shape index (κ1) is 25.5. The van der Waals surface area contributed by atoms with Gasteiger partial charge in [-0.3, -0.25) is 4.79 Å². The highest BCUT2D eigenvalue weighted by Crippen LogP contribution is 2.34. The van der Waals surface area contributed by atoms with Gasteiger partial charge >= 0.3 is 5.97 Å². The normalized spacial score (nSPS) is 16.1. The molecule has 4 aromatic rings. The Morgan fingerprint density at radius 1 is 0.816 bits per heavy atom. The predicted octanol–water partition coefficient (Wildman–Crippen LogP) is 6.04. The molecule has 3 N–H and O–H groups in total. The lowest BCUT2D eigenvalue weighted by Gasteiger charge is -2.25. The highest BCUT2D eigenvalue weighted by atomic mass is 35.5. The summed E-state index contributed by atoms with van der Waals surface area (Å²) in [4.78, 5) is 25.3. The average Bonchev–Trinajstić information content (AvgIpc) is 3.28. The molecule has 4 aromatic carbocycles. The van der Waals surface area contributed by atoms with Crippen LogP contribution in [0.4, 0.5) is 10.1 Å². The number of carboxylic acid groups (broad SMARTS) is 1. The lowest BCUT2D eigenvalue weighted by atomic mass is 9.95. The Kier molecular flexibility index (Phi) is 7.16. The van der Waals surface area contributed by atoms with Gasteiger partial charge < -0.3 is 15.7 Å². The third-order valence-corrected chi connectivity index (χ3v) is 7.14. The highest BCUT2D eigenvalue weighted by molar-refractivity contribution is 6.30.